The van der Waals surface area contributed by atoms with Gasteiger partial charge >= 0.3 is 0 Å². The van der Waals surface area contributed by atoms with E-state index in [9.17, 15) is 0 Å². The van der Waals surface area contributed by atoms with E-state index >= 15 is 0 Å². The fraction of sp³-hybridized carbons (Fsp3) is 0.917. The summed E-state index contributed by atoms with van der Waals surface area (Å²) in [6, 6.07) is 2.88. The Labute approximate surface area is 93.8 Å². The van der Waals surface area contributed by atoms with E-state index in [4.69, 9.17) is 10.00 Å². The molecule has 0 aliphatic heterocycles. The minimum Gasteiger partial charge on any atom is -0.379 e. The summed E-state index contributed by atoms with van der Waals surface area (Å²) < 4.78 is 5.38. The second-order valence-electron chi connectivity index (χ2n) is 4.70. The van der Waals surface area contributed by atoms with E-state index in [1.165, 1.54) is 0 Å². The first-order valence-corrected chi connectivity index (χ1v) is 5.63. The SMILES string of the molecule is CCC(CC#N)NC(C)CC(C)(C)OC. The van der Waals surface area contributed by atoms with E-state index in [0.29, 0.717) is 18.5 Å². The van der Waals surface area contributed by atoms with E-state index in [2.05, 4.69) is 39.1 Å². The first kappa shape index (κ1) is 14.4. The average Bonchev–Trinajstić information content (AvgIpc) is 2.16. The van der Waals surface area contributed by atoms with Gasteiger partial charge in [-0.05, 0) is 33.6 Å². The Hall–Kier alpha value is -0.590. The molecule has 3 nitrogen and oxygen atoms in total. The number of methoxy groups -OCH3 is 1. The molecule has 2 atom stereocenters. The number of hydrogen-bond donors (Lipinski definition) is 1. The Balaban J connectivity index is 4.01. The van der Waals surface area contributed by atoms with Gasteiger partial charge in [-0.1, -0.05) is 6.92 Å². The quantitative estimate of drug-likeness (QED) is 0.705. The van der Waals surface area contributed by atoms with Crippen LogP contribution in [0.15, 0.2) is 0 Å². The Kier molecular flexibility index (Phi) is 6.55. The molecule has 0 radical (unpaired) electrons. The number of nitriles is 1. The third-order valence-corrected chi connectivity index (χ3v) is 2.70. The Morgan fingerprint density at radius 2 is 2.07 bits per heavy atom. The first-order valence-electron chi connectivity index (χ1n) is 5.63. The number of nitrogens with one attached hydrogen (secondary N) is 1. The van der Waals surface area contributed by atoms with Crippen molar-refractivity contribution in [3.05, 3.63) is 0 Å². The molecular weight excluding hydrogens is 188 g/mol. The summed E-state index contributed by atoms with van der Waals surface area (Å²) in [6.07, 6.45) is 2.52. The molecule has 2 unspecified atom stereocenters. The highest BCUT2D eigenvalue weighted by Crippen LogP contribution is 2.16. The lowest BCUT2D eigenvalue weighted by Gasteiger charge is -2.29. The lowest BCUT2D eigenvalue weighted by Crippen LogP contribution is -2.40. The lowest BCUT2D eigenvalue weighted by molar-refractivity contribution is 0.00769. The van der Waals surface area contributed by atoms with Gasteiger partial charge in [0, 0.05) is 19.2 Å². The zero-order chi connectivity index (χ0) is 11.9. The number of ether oxygens (including phenoxy) is 1. The molecule has 88 valence electrons. The maximum absolute atomic E-state index is 8.64. The molecule has 0 amide bonds. The molecule has 0 aliphatic rings. The molecule has 0 bridgehead atoms. The van der Waals surface area contributed by atoms with Crippen molar-refractivity contribution in [3.8, 4) is 6.07 Å². The van der Waals surface area contributed by atoms with Gasteiger partial charge in [0.05, 0.1) is 18.1 Å². The summed E-state index contributed by atoms with van der Waals surface area (Å²) in [7, 11) is 1.74. The lowest BCUT2D eigenvalue weighted by atomic mass is 9.98. The molecule has 0 heterocycles. The predicted octanol–water partition coefficient (Wildman–Crippen LogP) is 2.47. The average molecular weight is 212 g/mol. The third kappa shape index (κ3) is 6.48. The minimum absolute atomic E-state index is 0.0998. The van der Waals surface area contributed by atoms with E-state index in [-0.39, 0.29) is 5.60 Å². The molecule has 0 spiro atoms. The van der Waals surface area contributed by atoms with Gasteiger partial charge in [0.2, 0.25) is 0 Å². The second kappa shape index (κ2) is 6.81. The summed E-state index contributed by atoms with van der Waals surface area (Å²) in [4.78, 5) is 0. The topological polar surface area (TPSA) is 45.0 Å². The molecule has 0 saturated heterocycles. The minimum atomic E-state index is -0.0998. The number of nitrogens with zero attached hydrogens (tertiary/aromatic N) is 1. The first-order chi connectivity index (χ1) is 6.95. The van der Waals surface area contributed by atoms with Crippen molar-refractivity contribution in [3.63, 3.8) is 0 Å². The van der Waals surface area contributed by atoms with Gasteiger partial charge in [-0.3, -0.25) is 0 Å². The van der Waals surface area contributed by atoms with Crippen LogP contribution in [0.4, 0.5) is 0 Å². The van der Waals surface area contributed by atoms with Crippen molar-refractivity contribution >= 4 is 0 Å². The van der Waals surface area contributed by atoms with Crippen LogP contribution >= 0.6 is 0 Å². The highest BCUT2D eigenvalue weighted by molar-refractivity contribution is 4.83. The van der Waals surface area contributed by atoms with Gasteiger partial charge < -0.3 is 10.1 Å². The number of hydrogen-bond acceptors (Lipinski definition) is 3. The van der Waals surface area contributed by atoms with Crippen LogP contribution in [-0.2, 0) is 4.74 Å². The zero-order valence-corrected chi connectivity index (χ0v) is 10.6. The van der Waals surface area contributed by atoms with Crippen LogP contribution in [0.1, 0.15) is 47.0 Å². The fourth-order valence-corrected chi connectivity index (χ4v) is 1.71. The predicted molar refractivity (Wildman–Crippen MR) is 62.6 cm³/mol. The largest absolute Gasteiger partial charge is 0.379 e. The van der Waals surface area contributed by atoms with Crippen LogP contribution in [0.3, 0.4) is 0 Å². The highest BCUT2D eigenvalue weighted by Gasteiger charge is 2.21. The molecule has 0 aromatic carbocycles. The van der Waals surface area contributed by atoms with Crippen LogP contribution < -0.4 is 5.32 Å². The van der Waals surface area contributed by atoms with E-state index in [1.54, 1.807) is 7.11 Å². The van der Waals surface area contributed by atoms with Crippen LogP contribution in [0, 0.1) is 11.3 Å². The van der Waals surface area contributed by atoms with Crippen molar-refractivity contribution in [1.82, 2.24) is 5.32 Å². The molecule has 0 saturated carbocycles. The molecule has 0 rings (SSSR count). The van der Waals surface area contributed by atoms with Crippen molar-refractivity contribution < 1.29 is 4.74 Å². The van der Waals surface area contributed by atoms with Gasteiger partial charge in [0.1, 0.15) is 0 Å². The maximum atomic E-state index is 8.64. The van der Waals surface area contributed by atoms with Crippen LogP contribution in [0.25, 0.3) is 0 Å². The normalized spacial score (nSPS) is 15.7. The molecule has 0 aromatic heterocycles. The van der Waals surface area contributed by atoms with Crippen molar-refractivity contribution in [2.24, 2.45) is 0 Å². The second-order valence-corrected chi connectivity index (χ2v) is 4.70. The summed E-state index contributed by atoms with van der Waals surface area (Å²) in [5.74, 6) is 0. The monoisotopic (exact) mass is 212 g/mol. The van der Waals surface area contributed by atoms with Crippen molar-refractivity contribution in [2.45, 2.75) is 64.6 Å². The van der Waals surface area contributed by atoms with E-state index in [0.717, 1.165) is 12.8 Å². The van der Waals surface area contributed by atoms with Gasteiger partial charge in [0.15, 0.2) is 0 Å². The summed E-state index contributed by atoms with van der Waals surface area (Å²) >= 11 is 0. The van der Waals surface area contributed by atoms with E-state index in [1.807, 2.05) is 0 Å². The van der Waals surface area contributed by atoms with Crippen LogP contribution in [-0.4, -0.2) is 24.8 Å². The molecule has 3 heteroatoms. The Morgan fingerprint density at radius 3 is 2.47 bits per heavy atom. The molecule has 15 heavy (non-hydrogen) atoms. The van der Waals surface area contributed by atoms with Crippen molar-refractivity contribution in [1.29, 1.82) is 5.26 Å². The van der Waals surface area contributed by atoms with Gasteiger partial charge in [-0.2, -0.15) is 5.26 Å². The molecule has 1 N–H and O–H groups in total. The van der Waals surface area contributed by atoms with Crippen LogP contribution in [0.2, 0.25) is 0 Å². The highest BCUT2D eigenvalue weighted by atomic mass is 16.5. The Bertz CT molecular complexity index is 208. The Morgan fingerprint density at radius 1 is 1.47 bits per heavy atom. The maximum Gasteiger partial charge on any atom is 0.0638 e. The fourth-order valence-electron chi connectivity index (χ4n) is 1.71. The standard InChI is InChI=1S/C12H24N2O/c1-6-11(7-8-13)14-10(2)9-12(3,4)15-5/h10-11,14H,6-7,9H2,1-5H3. The van der Waals surface area contributed by atoms with Gasteiger partial charge in [-0.25, -0.2) is 0 Å². The van der Waals surface area contributed by atoms with E-state index < -0.39 is 0 Å². The van der Waals surface area contributed by atoms with Gasteiger partial charge in [0.25, 0.3) is 0 Å². The number of rotatable bonds is 7. The molecular formula is C12H24N2O. The smallest absolute Gasteiger partial charge is 0.0638 e. The van der Waals surface area contributed by atoms with Gasteiger partial charge in [-0.15, -0.1) is 0 Å². The van der Waals surface area contributed by atoms with Crippen LogP contribution in [0.5, 0.6) is 0 Å². The molecule has 0 aromatic rings. The third-order valence-electron chi connectivity index (χ3n) is 2.70. The van der Waals surface area contributed by atoms with Crippen molar-refractivity contribution in [2.75, 3.05) is 7.11 Å². The summed E-state index contributed by atoms with van der Waals surface area (Å²) in [5, 5.41) is 12.1. The summed E-state index contributed by atoms with van der Waals surface area (Å²) in [5.41, 5.74) is -0.0998. The zero-order valence-electron chi connectivity index (χ0n) is 10.6. The molecule has 0 aliphatic carbocycles. The molecule has 0 fully saturated rings. The summed E-state index contributed by atoms with van der Waals surface area (Å²) in [6.45, 7) is 8.40.